The molecule has 1 aliphatic rings. The van der Waals surface area contributed by atoms with E-state index in [1.54, 1.807) is 0 Å². The van der Waals surface area contributed by atoms with Crippen molar-refractivity contribution in [2.24, 2.45) is 0 Å². The number of aromatic nitrogens is 2. The lowest BCUT2D eigenvalue weighted by Crippen LogP contribution is -2.11. The summed E-state index contributed by atoms with van der Waals surface area (Å²) >= 11 is 23.1. The van der Waals surface area contributed by atoms with Crippen LogP contribution in [0.1, 0.15) is 30.1 Å². The first-order valence-electron chi connectivity index (χ1n) is 5.59. The Bertz CT molecular complexity index is 599. The van der Waals surface area contributed by atoms with Crippen molar-refractivity contribution in [3.8, 4) is 0 Å². The van der Waals surface area contributed by atoms with Gasteiger partial charge in [-0.3, -0.25) is 0 Å². The smallest absolute Gasteiger partial charge is 0.278 e. The van der Waals surface area contributed by atoms with Crippen molar-refractivity contribution in [3.05, 3.63) is 46.6 Å². The maximum Gasteiger partial charge on any atom is 0.278 e. The van der Waals surface area contributed by atoms with E-state index in [4.69, 9.17) is 50.9 Å². The second-order valence-corrected chi connectivity index (χ2v) is 7.23. The Balaban J connectivity index is 1.97. The van der Waals surface area contributed by atoms with Gasteiger partial charge in [0, 0.05) is 5.02 Å². The molecule has 0 unspecified atom stereocenters. The average molecular weight is 338 g/mol. The van der Waals surface area contributed by atoms with Crippen LogP contribution in [-0.4, -0.2) is 10.1 Å². The van der Waals surface area contributed by atoms with E-state index < -0.39 is 3.79 Å². The zero-order valence-electron chi connectivity index (χ0n) is 9.54. The molecule has 19 heavy (non-hydrogen) atoms. The summed E-state index contributed by atoms with van der Waals surface area (Å²) in [5.41, 5.74) is 0.857. The van der Waals surface area contributed by atoms with Crippen molar-refractivity contribution >= 4 is 46.4 Å². The Kier molecular flexibility index (Phi) is 3.21. The van der Waals surface area contributed by atoms with Gasteiger partial charge in [0.2, 0.25) is 0 Å². The number of hydrogen-bond donors (Lipinski definition) is 0. The van der Waals surface area contributed by atoms with E-state index in [-0.39, 0.29) is 11.3 Å². The molecular formula is C12H8Cl4N2O. The molecule has 2 aromatic rings. The molecule has 3 nitrogen and oxygen atoms in total. The van der Waals surface area contributed by atoms with E-state index in [1.807, 2.05) is 24.3 Å². The highest BCUT2D eigenvalue weighted by atomic mass is 35.6. The van der Waals surface area contributed by atoms with Crippen LogP contribution in [0, 0.1) is 0 Å². The topological polar surface area (TPSA) is 38.9 Å². The highest BCUT2D eigenvalue weighted by Crippen LogP contribution is 2.53. The molecule has 0 spiro atoms. The Labute approximate surface area is 129 Å². The van der Waals surface area contributed by atoms with Gasteiger partial charge in [0.05, 0.1) is 5.41 Å². The van der Waals surface area contributed by atoms with Gasteiger partial charge in [0.1, 0.15) is 0 Å². The summed E-state index contributed by atoms with van der Waals surface area (Å²) in [6.45, 7) is 0. The van der Waals surface area contributed by atoms with Crippen molar-refractivity contribution in [2.45, 2.75) is 22.0 Å². The summed E-state index contributed by atoms with van der Waals surface area (Å²) in [7, 11) is 0. The second kappa shape index (κ2) is 4.52. The summed E-state index contributed by atoms with van der Waals surface area (Å²) in [5, 5.41) is 4.63. The zero-order chi connectivity index (χ0) is 13.7. The fourth-order valence-electron chi connectivity index (χ4n) is 2.07. The fourth-order valence-corrected chi connectivity index (χ4v) is 2.42. The SMILES string of the molecule is Clc1ccc(C2(c3noc(C(Cl)(Cl)Cl)n3)CC2)cc1. The number of hydrogen-bond acceptors (Lipinski definition) is 3. The van der Waals surface area contributed by atoms with Gasteiger partial charge in [0.25, 0.3) is 9.68 Å². The highest BCUT2D eigenvalue weighted by molar-refractivity contribution is 6.66. The van der Waals surface area contributed by atoms with E-state index in [2.05, 4.69) is 10.1 Å². The van der Waals surface area contributed by atoms with Gasteiger partial charge in [-0.2, -0.15) is 4.98 Å². The van der Waals surface area contributed by atoms with Gasteiger partial charge in [-0.05, 0) is 30.5 Å². The first kappa shape index (κ1) is 13.5. The van der Waals surface area contributed by atoms with Gasteiger partial charge >= 0.3 is 0 Å². The molecule has 0 radical (unpaired) electrons. The van der Waals surface area contributed by atoms with Crippen molar-refractivity contribution < 1.29 is 4.52 Å². The van der Waals surface area contributed by atoms with Gasteiger partial charge in [-0.1, -0.05) is 63.7 Å². The monoisotopic (exact) mass is 336 g/mol. The predicted octanol–water partition coefficient (Wildman–Crippen LogP) is 4.63. The number of benzene rings is 1. The molecule has 1 heterocycles. The summed E-state index contributed by atoms with van der Waals surface area (Å²) in [5.74, 6) is 0.545. The number of nitrogens with zero attached hydrogens (tertiary/aromatic N) is 2. The van der Waals surface area contributed by atoms with Crippen LogP contribution < -0.4 is 0 Å². The normalized spacial score (nSPS) is 17.5. The lowest BCUT2D eigenvalue weighted by Gasteiger charge is -2.10. The average Bonchev–Trinajstić information content (AvgIpc) is 2.98. The molecule has 0 atom stereocenters. The number of alkyl halides is 3. The minimum atomic E-state index is -1.69. The van der Waals surface area contributed by atoms with Crippen LogP contribution in [0.5, 0.6) is 0 Å². The van der Waals surface area contributed by atoms with Crippen LogP contribution in [0.4, 0.5) is 0 Å². The van der Waals surface area contributed by atoms with Gasteiger partial charge in [-0.15, -0.1) is 0 Å². The third kappa shape index (κ3) is 2.45. The van der Waals surface area contributed by atoms with Crippen LogP contribution >= 0.6 is 46.4 Å². The molecule has 7 heteroatoms. The standard InChI is InChI=1S/C12H8Cl4N2O/c13-8-3-1-7(2-4-8)11(5-6-11)9-17-10(19-18-9)12(14,15)16/h1-4H,5-6H2. The summed E-state index contributed by atoms with van der Waals surface area (Å²) in [6, 6.07) is 7.60. The summed E-state index contributed by atoms with van der Waals surface area (Å²) in [6.07, 6.45) is 1.88. The molecule has 1 aliphatic carbocycles. The van der Waals surface area contributed by atoms with E-state index >= 15 is 0 Å². The fraction of sp³-hybridized carbons (Fsp3) is 0.333. The lowest BCUT2D eigenvalue weighted by atomic mass is 9.95. The van der Waals surface area contributed by atoms with Crippen LogP contribution in [-0.2, 0) is 9.21 Å². The molecule has 1 fully saturated rings. The predicted molar refractivity (Wildman–Crippen MR) is 75.0 cm³/mol. The van der Waals surface area contributed by atoms with Crippen LogP contribution in [0.2, 0.25) is 5.02 Å². The molecule has 0 amide bonds. The minimum Gasteiger partial charge on any atom is -0.335 e. The van der Waals surface area contributed by atoms with Crippen molar-refractivity contribution in [1.29, 1.82) is 0 Å². The Morgan fingerprint density at radius 2 is 1.74 bits per heavy atom. The van der Waals surface area contributed by atoms with Gasteiger partial charge in [0.15, 0.2) is 5.82 Å². The molecule has 1 aromatic carbocycles. The molecule has 1 aromatic heterocycles. The van der Waals surface area contributed by atoms with E-state index in [0.29, 0.717) is 10.8 Å². The summed E-state index contributed by atoms with van der Waals surface area (Å²) < 4.78 is 3.32. The lowest BCUT2D eigenvalue weighted by molar-refractivity contribution is 0.374. The number of halogens is 4. The van der Waals surface area contributed by atoms with E-state index in [0.717, 1.165) is 18.4 Å². The maximum atomic E-state index is 5.89. The first-order chi connectivity index (χ1) is 8.92. The zero-order valence-corrected chi connectivity index (χ0v) is 12.6. The molecule has 0 N–H and O–H groups in total. The maximum absolute atomic E-state index is 5.89. The van der Waals surface area contributed by atoms with Gasteiger partial charge < -0.3 is 4.52 Å². The Morgan fingerprint density at radius 3 is 2.21 bits per heavy atom. The van der Waals surface area contributed by atoms with Crippen LogP contribution in [0.15, 0.2) is 28.8 Å². The molecule has 3 rings (SSSR count). The summed E-state index contributed by atoms with van der Waals surface area (Å²) in [4.78, 5) is 4.21. The van der Waals surface area contributed by atoms with Crippen molar-refractivity contribution in [1.82, 2.24) is 10.1 Å². The largest absolute Gasteiger partial charge is 0.335 e. The van der Waals surface area contributed by atoms with Crippen molar-refractivity contribution in [2.75, 3.05) is 0 Å². The molecular weight excluding hydrogens is 330 g/mol. The Hall–Kier alpha value is -0.480. The van der Waals surface area contributed by atoms with Crippen molar-refractivity contribution in [3.63, 3.8) is 0 Å². The Morgan fingerprint density at radius 1 is 1.11 bits per heavy atom. The van der Waals surface area contributed by atoms with Crippen LogP contribution in [0.25, 0.3) is 0 Å². The third-order valence-corrected chi connectivity index (χ3v) is 3.98. The molecule has 100 valence electrons. The van der Waals surface area contributed by atoms with Gasteiger partial charge in [-0.25, -0.2) is 0 Å². The number of rotatable bonds is 2. The van der Waals surface area contributed by atoms with E-state index in [9.17, 15) is 0 Å². The molecule has 0 bridgehead atoms. The molecule has 0 saturated heterocycles. The molecule has 0 aliphatic heterocycles. The minimum absolute atomic E-state index is 0.00672. The quantitative estimate of drug-likeness (QED) is 0.750. The van der Waals surface area contributed by atoms with E-state index in [1.165, 1.54) is 0 Å². The first-order valence-corrected chi connectivity index (χ1v) is 7.10. The second-order valence-electron chi connectivity index (χ2n) is 4.51. The molecule has 1 saturated carbocycles. The van der Waals surface area contributed by atoms with Crippen LogP contribution in [0.3, 0.4) is 0 Å². The highest BCUT2D eigenvalue weighted by Gasteiger charge is 2.50. The third-order valence-electron chi connectivity index (χ3n) is 3.24.